The summed E-state index contributed by atoms with van der Waals surface area (Å²) in [6, 6.07) is 7.05. The fourth-order valence-corrected chi connectivity index (χ4v) is 2.61. The third-order valence-corrected chi connectivity index (χ3v) is 3.94. The summed E-state index contributed by atoms with van der Waals surface area (Å²) in [4.78, 5) is 26.3. The Kier molecular flexibility index (Phi) is 7.74. The van der Waals surface area contributed by atoms with Gasteiger partial charge >= 0.3 is 6.03 Å². The number of benzene rings is 1. The molecule has 0 bridgehead atoms. The van der Waals surface area contributed by atoms with Crippen molar-refractivity contribution in [2.45, 2.75) is 53.1 Å². The minimum atomic E-state index is -0.323. The minimum absolute atomic E-state index is 0.0328. The second-order valence-electron chi connectivity index (χ2n) is 7.54. The zero-order valence-electron chi connectivity index (χ0n) is 16.0. The third-order valence-electron chi connectivity index (χ3n) is 3.69. The van der Waals surface area contributed by atoms with Crippen LogP contribution in [0.5, 0.6) is 0 Å². The molecule has 0 heterocycles. The van der Waals surface area contributed by atoms with E-state index in [-0.39, 0.29) is 36.0 Å². The van der Waals surface area contributed by atoms with Gasteiger partial charge in [-0.3, -0.25) is 4.79 Å². The molecule has 1 aromatic rings. The van der Waals surface area contributed by atoms with Crippen molar-refractivity contribution in [3.8, 4) is 0 Å². The van der Waals surface area contributed by atoms with Crippen LogP contribution in [0.3, 0.4) is 0 Å². The van der Waals surface area contributed by atoms with Crippen molar-refractivity contribution in [3.05, 3.63) is 34.9 Å². The van der Waals surface area contributed by atoms with E-state index in [0.717, 1.165) is 5.56 Å². The van der Waals surface area contributed by atoms with Crippen LogP contribution < -0.4 is 10.6 Å². The lowest BCUT2D eigenvalue weighted by molar-refractivity contribution is -0.123. The Balaban J connectivity index is 2.80. The zero-order valence-corrected chi connectivity index (χ0v) is 16.8. The number of hydrogen-bond acceptors (Lipinski definition) is 2. The van der Waals surface area contributed by atoms with E-state index in [0.29, 0.717) is 11.6 Å². The van der Waals surface area contributed by atoms with E-state index in [9.17, 15) is 9.59 Å². The van der Waals surface area contributed by atoms with Gasteiger partial charge in [-0.1, -0.05) is 37.6 Å². The molecule has 1 rings (SSSR count). The van der Waals surface area contributed by atoms with Gasteiger partial charge in [0.2, 0.25) is 5.91 Å². The van der Waals surface area contributed by atoms with Crippen LogP contribution in [0.2, 0.25) is 5.02 Å². The highest BCUT2D eigenvalue weighted by molar-refractivity contribution is 6.30. The molecule has 0 aromatic heterocycles. The van der Waals surface area contributed by atoms with Crippen molar-refractivity contribution >= 4 is 23.5 Å². The molecule has 1 atom stereocenters. The fourth-order valence-electron chi connectivity index (χ4n) is 2.49. The summed E-state index contributed by atoms with van der Waals surface area (Å²) < 4.78 is 0. The van der Waals surface area contributed by atoms with Crippen LogP contribution in [-0.4, -0.2) is 35.5 Å². The van der Waals surface area contributed by atoms with E-state index in [1.165, 1.54) is 4.90 Å². The van der Waals surface area contributed by atoms with E-state index in [2.05, 4.69) is 10.6 Å². The van der Waals surface area contributed by atoms with Crippen LogP contribution in [-0.2, 0) is 4.79 Å². The lowest BCUT2D eigenvalue weighted by atomic mass is 9.96. The normalized spacial score (nSPS) is 12.6. The van der Waals surface area contributed by atoms with Crippen LogP contribution in [0.1, 0.15) is 53.1 Å². The third kappa shape index (κ3) is 7.34. The second-order valence-corrected chi connectivity index (χ2v) is 7.97. The molecule has 0 aliphatic heterocycles. The van der Waals surface area contributed by atoms with Gasteiger partial charge in [0.25, 0.3) is 0 Å². The summed E-state index contributed by atoms with van der Waals surface area (Å²) in [5.41, 5.74) is 0.666. The number of hydrogen-bond donors (Lipinski definition) is 2. The number of halogens is 1. The number of nitrogens with zero attached hydrogens (tertiary/aromatic N) is 1. The highest BCUT2D eigenvalue weighted by Crippen LogP contribution is 2.23. The lowest BCUT2D eigenvalue weighted by Gasteiger charge is -2.29. The maximum atomic E-state index is 12.6. The van der Waals surface area contributed by atoms with E-state index >= 15 is 0 Å². The molecule has 0 fully saturated rings. The average molecular weight is 368 g/mol. The van der Waals surface area contributed by atoms with Crippen molar-refractivity contribution < 1.29 is 9.59 Å². The molecular weight excluding hydrogens is 338 g/mol. The molecule has 1 unspecified atom stereocenters. The standard InChI is InChI=1S/C19H30ClN3O2/c1-7-23(12-16(24)22-19(4,5)6)18(25)21-17(13(2)3)14-8-10-15(20)11-9-14/h8-11,13,17H,7,12H2,1-6H3,(H,21,25)(H,22,24). The Morgan fingerprint density at radius 3 is 2.16 bits per heavy atom. The summed E-state index contributed by atoms with van der Waals surface area (Å²) in [6.45, 7) is 12.2. The highest BCUT2D eigenvalue weighted by atomic mass is 35.5. The maximum absolute atomic E-state index is 12.6. The SMILES string of the molecule is CCN(CC(=O)NC(C)(C)C)C(=O)NC(c1ccc(Cl)cc1)C(C)C. The van der Waals surface area contributed by atoms with Crippen LogP contribution in [0.4, 0.5) is 4.79 Å². The molecule has 0 aliphatic carbocycles. The number of carbonyl (C=O) groups is 2. The summed E-state index contributed by atoms with van der Waals surface area (Å²) in [7, 11) is 0. The summed E-state index contributed by atoms with van der Waals surface area (Å²) in [6.07, 6.45) is 0. The van der Waals surface area contributed by atoms with Crippen LogP contribution >= 0.6 is 11.6 Å². The van der Waals surface area contributed by atoms with Crippen LogP contribution in [0, 0.1) is 5.92 Å². The molecule has 140 valence electrons. The molecule has 0 aliphatic rings. The van der Waals surface area contributed by atoms with Gasteiger partial charge in [-0.05, 0) is 51.3 Å². The first-order valence-corrected chi connectivity index (χ1v) is 9.03. The van der Waals surface area contributed by atoms with Crippen molar-refractivity contribution in [1.82, 2.24) is 15.5 Å². The lowest BCUT2D eigenvalue weighted by Crippen LogP contribution is -2.50. The first-order chi connectivity index (χ1) is 11.5. The van der Waals surface area contributed by atoms with E-state index in [1.807, 2.05) is 65.8 Å². The number of carbonyl (C=O) groups excluding carboxylic acids is 2. The smallest absolute Gasteiger partial charge is 0.318 e. The van der Waals surface area contributed by atoms with Gasteiger partial charge in [0.1, 0.15) is 6.54 Å². The Morgan fingerprint density at radius 1 is 1.16 bits per heavy atom. The maximum Gasteiger partial charge on any atom is 0.318 e. The van der Waals surface area contributed by atoms with Crippen molar-refractivity contribution in [3.63, 3.8) is 0 Å². The largest absolute Gasteiger partial charge is 0.350 e. The molecule has 1 aromatic carbocycles. The fraction of sp³-hybridized carbons (Fsp3) is 0.579. The quantitative estimate of drug-likeness (QED) is 0.798. The Morgan fingerprint density at radius 2 is 1.72 bits per heavy atom. The molecule has 3 amide bonds. The summed E-state index contributed by atoms with van der Waals surface area (Å²) in [5, 5.41) is 6.57. The van der Waals surface area contributed by atoms with Gasteiger partial charge in [-0.15, -0.1) is 0 Å². The average Bonchev–Trinajstić information content (AvgIpc) is 2.49. The molecule has 0 spiro atoms. The first-order valence-electron chi connectivity index (χ1n) is 8.65. The van der Waals surface area contributed by atoms with Crippen molar-refractivity contribution in [1.29, 1.82) is 0 Å². The predicted octanol–water partition coefficient (Wildman–Crippen LogP) is 3.98. The molecule has 6 heteroatoms. The molecule has 2 N–H and O–H groups in total. The number of amides is 3. The van der Waals surface area contributed by atoms with Gasteiger partial charge in [0.15, 0.2) is 0 Å². The van der Waals surface area contributed by atoms with Gasteiger partial charge in [-0.25, -0.2) is 4.79 Å². The molecule has 5 nitrogen and oxygen atoms in total. The number of nitrogens with one attached hydrogen (secondary N) is 2. The Bertz CT molecular complexity index is 579. The zero-order chi connectivity index (χ0) is 19.2. The van der Waals surface area contributed by atoms with Gasteiger partial charge in [-0.2, -0.15) is 0 Å². The van der Waals surface area contributed by atoms with Crippen molar-refractivity contribution in [2.24, 2.45) is 5.92 Å². The topological polar surface area (TPSA) is 61.4 Å². The number of urea groups is 1. The highest BCUT2D eigenvalue weighted by Gasteiger charge is 2.23. The van der Waals surface area contributed by atoms with Gasteiger partial charge in [0, 0.05) is 17.1 Å². The molecule has 0 saturated carbocycles. The monoisotopic (exact) mass is 367 g/mol. The van der Waals surface area contributed by atoms with Crippen molar-refractivity contribution in [2.75, 3.05) is 13.1 Å². The molecular formula is C19H30ClN3O2. The van der Waals surface area contributed by atoms with E-state index < -0.39 is 0 Å². The second kappa shape index (κ2) is 9.09. The van der Waals surface area contributed by atoms with Gasteiger partial charge < -0.3 is 15.5 Å². The molecule has 25 heavy (non-hydrogen) atoms. The number of rotatable bonds is 6. The summed E-state index contributed by atoms with van der Waals surface area (Å²) >= 11 is 5.94. The summed E-state index contributed by atoms with van der Waals surface area (Å²) in [5.74, 6) is 0.0318. The number of likely N-dealkylation sites (N-methyl/N-ethyl adjacent to an activating group) is 1. The molecule has 0 radical (unpaired) electrons. The van der Waals surface area contributed by atoms with Crippen LogP contribution in [0.25, 0.3) is 0 Å². The first kappa shape index (κ1) is 21.3. The van der Waals surface area contributed by atoms with Gasteiger partial charge in [0.05, 0.1) is 6.04 Å². The van der Waals surface area contributed by atoms with E-state index in [4.69, 9.17) is 11.6 Å². The predicted molar refractivity (Wildman–Crippen MR) is 103 cm³/mol. The minimum Gasteiger partial charge on any atom is -0.350 e. The van der Waals surface area contributed by atoms with E-state index in [1.54, 1.807) is 0 Å². The Labute approximate surface area is 156 Å². The van der Waals surface area contributed by atoms with Crippen LogP contribution in [0.15, 0.2) is 24.3 Å². The molecule has 0 saturated heterocycles. The Hall–Kier alpha value is -1.75.